The highest BCUT2D eigenvalue weighted by Crippen LogP contribution is 2.30. The van der Waals surface area contributed by atoms with Crippen LogP contribution in [0.5, 0.6) is 0 Å². The summed E-state index contributed by atoms with van der Waals surface area (Å²) in [4.78, 5) is 37.1. The first-order valence-electron chi connectivity index (χ1n) is 14.0. The predicted octanol–water partition coefficient (Wildman–Crippen LogP) is 2.41. The van der Waals surface area contributed by atoms with Gasteiger partial charge in [-0.2, -0.15) is 9.61 Å². The van der Waals surface area contributed by atoms with Crippen LogP contribution in [-0.2, 0) is 33.0 Å². The van der Waals surface area contributed by atoms with Crippen molar-refractivity contribution in [2.75, 3.05) is 25.0 Å². The fourth-order valence-electron chi connectivity index (χ4n) is 4.92. The van der Waals surface area contributed by atoms with E-state index in [0.717, 1.165) is 5.56 Å². The highest BCUT2D eigenvalue weighted by atomic mass is 32.2. The third-order valence-corrected chi connectivity index (χ3v) is 9.51. The van der Waals surface area contributed by atoms with Crippen LogP contribution in [0.1, 0.15) is 19.4 Å². The van der Waals surface area contributed by atoms with E-state index in [1.165, 1.54) is 15.5 Å². The lowest BCUT2D eigenvalue weighted by Crippen LogP contribution is -2.44. The predicted molar refractivity (Wildman–Crippen MR) is 161 cm³/mol. The molecule has 15 heteroatoms. The third kappa shape index (κ3) is 5.53. The lowest BCUT2D eigenvalue weighted by molar-refractivity contribution is -0.121. The van der Waals surface area contributed by atoms with Gasteiger partial charge in [0.15, 0.2) is 21.3 Å². The summed E-state index contributed by atoms with van der Waals surface area (Å²) in [6, 6.07) is 13.2. The van der Waals surface area contributed by atoms with E-state index in [-0.39, 0.29) is 48.5 Å². The van der Waals surface area contributed by atoms with Gasteiger partial charge in [0, 0.05) is 31.7 Å². The van der Waals surface area contributed by atoms with Crippen molar-refractivity contribution in [3.05, 3.63) is 66.5 Å². The average molecular weight is 618 g/mol. The number of amides is 2. The molecule has 228 valence electrons. The molecule has 44 heavy (non-hydrogen) atoms. The van der Waals surface area contributed by atoms with E-state index in [1.54, 1.807) is 50.1 Å². The lowest BCUT2D eigenvalue weighted by Gasteiger charge is -2.23. The quantitative estimate of drug-likeness (QED) is 0.277. The Labute approximate surface area is 253 Å². The maximum atomic E-state index is 13.4. The van der Waals surface area contributed by atoms with Gasteiger partial charge < -0.3 is 20.3 Å². The summed E-state index contributed by atoms with van der Waals surface area (Å²) in [6.45, 7) is 3.73. The summed E-state index contributed by atoms with van der Waals surface area (Å²) in [7, 11) is -1.97. The highest BCUT2D eigenvalue weighted by Gasteiger charge is 2.31. The summed E-state index contributed by atoms with van der Waals surface area (Å²) >= 11 is 0. The number of carbonyl (C=O) groups is 2. The Morgan fingerprint density at radius 1 is 1.14 bits per heavy atom. The van der Waals surface area contributed by atoms with Crippen LogP contribution in [0.3, 0.4) is 0 Å². The van der Waals surface area contributed by atoms with Gasteiger partial charge in [0.05, 0.1) is 34.0 Å². The average Bonchev–Trinajstić information content (AvgIpc) is 3.61. The van der Waals surface area contributed by atoms with Gasteiger partial charge in [0.1, 0.15) is 12.6 Å². The highest BCUT2D eigenvalue weighted by molar-refractivity contribution is 7.92. The molecule has 6 rings (SSSR count). The van der Waals surface area contributed by atoms with Crippen LogP contribution in [0.2, 0.25) is 0 Å². The Balaban J connectivity index is 1.40. The molecular formula is C29H31N9O5S. The number of hydrogen-bond donors (Lipinski definition) is 2. The molecular weight excluding hydrogens is 586 g/mol. The number of rotatable bonds is 7. The standard InChI is InChI=1S/C29H31N9O5S/c1-18(2)44(41,42)23-11-7-10-21-24(23)33-28(38-26(21)34-25(35-38)20-14-31-36(3)15-20)32-22-16-37(13-12-30-27(22)39)29(40)43-17-19-8-5-4-6-9-19/h4-11,14-15,18,22H,12-13,16-17H2,1-3H3,(H,30,39)(H,32,33)/t22-/m1/s1. The maximum Gasteiger partial charge on any atom is 0.410 e. The number of ether oxygens (including phenoxy) is 1. The molecule has 2 aromatic carbocycles. The molecule has 14 nitrogen and oxygen atoms in total. The van der Waals surface area contributed by atoms with Gasteiger partial charge in [-0.15, -0.1) is 5.10 Å². The van der Waals surface area contributed by atoms with Crippen molar-refractivity contribution in [1.82, 2.24) is 39.6 Å². The van der Waals surface area contributed by atoms with Crippen molar-refractivity contribution in [2.45, 2.75) is 36.6 Å². The minimum Gasteiger partial charge on any atom is -0.445 e. The molecule has 2 N–H and O–H groups in total. The van der Waals surface area contributed by atoms with Gasteiger partial charge in [0.25, 0.3) is 0 Å². The van der Waals surface area contributed by atoms with E-state index in [2.05, 4.69) is 20.8 Å². The van der Waals surface area contributed by atoms with Crippen molar-refractivity contribution in [3.63, 3.8) is 0 Å². The molecule has 5 aromatic rings. The molecule has 2 amide bonds. The van der Waals surface area contributed by atoms with Crippen LogP contribution in [0.4, 0.5) is 10.7 Å². The number of carbonyl (C=O) groups excluding carboxylic acids is 2. The smallest absolute Gasteiger partial charge is 0.410 e. The zero-order valence-electron chi connectivity index (χ0n) is 24.3. The van der Waals surface area contributed by atoms with Crippen LogP contribution in [0.25, 0.3) is 27.9 Å². The molecule has 0 aliphatic carbocycles. The van der Waals surface area contributed by atoms with Crippen molar-refractivity contribution in [1.29, 1.82) is 0 Å². The largest absolute Gasteiger partial charge is 0.445 e. The number of aryl methyl sites for hydroxylation is 1. The van der Waals surface area contributed by atoms with Crippen LogP contribution < -0.4 is 10.6 Å². The first-order valence-corrected chi connectivity index (χ1v) is 15.6. The summed E-state index contributed by atoms with van der Waals surface area (Å²) in [5.41, 5.74) is 2.01. The second kappa shape index (κ2) is 11.6. The Morgan fingerprint density at radius 3 is 2.66 bits per heavy atom. The molecule has 1 saturated heterocycles. The number of nitrogens with zero attached hydrogens (tertiary/aromatic N) is 7. The normalized spacial score (nSPS) is 15.9. The van der Waals surface area contributed by atoms with Crippen LogP contribution in [0, 0.1) is 0 Å². The van der Waals surface area contributed by atoms with E-state index in [9.17, 15) is 18.0 Å². The topological polar surface area (TPSA) is 166 Å². The number of nitrogens with one attached hydrogen (secondary N) is 2. The van der Waals surface area contributed by atoms with Gasteiger partial charge in [-0.25, -0.2) is 23.2 Å². The number of fused-ring (bicyclic) bond motifs is 3. The Hall–Kier alpha value is -5.05. The minimum atomic E-state index is -3.74. The number of benzene rings is 2. The first-order chi connectivity index (χ1) is 21.1. The van der Waals surface area contributed by atoms with E-state index in [1.807, 2.05) is 30.3 Å². The number of anilines is 1. The summed E-state index contributed by atoms with van der Waals surface area (Å²) in [5, 5.41) is 14.5. The molecule has 3 aromatic heterocycles. The van der Waals surface area contributed by atoms with Gasteiger partial charge in [-0.1, -0.05) is 36.4 Å². The fourth-order valence-corrected chi connectivity index (χ4v) is 6.12. The van der Waals surface area contributed by atoms with E-state index in [0.29, 0.717) is 22.4 Å². The molecule has 0 radical (unpaired) electrons. The molecule has 1 atom stereocenters. The Morgan fingerprint density at radius 2 is 1.93 bits per heavy atom. The lowest BCUT2D eigenvalue weighted by atomic mass is 10.2. The van der Waals surface area contributed by atoms with Crippen LogP contribution >= 0.6 is 0 Å². The molecule has 0 bridgehead atoms. The fraction of sp³-hybridized carbons (Fsp3) is 0.310. The van der Waals surface area contributed by atoms with Gasteiger partial charge >= 0.3 is 6.09 Å². The van der Waals surface area contributed by atoms with Gasteiger partial charge in [0.2, 0.25) is 11.9 Å². The second-order valence-electron chi connectivity index (χ2n) is 10.7. The molecule has 0 saturated carbocycles. The third-order valence-electron chi connectivity index (χ3n) is 7.32. The minimum absolute atomic E-state index is 0.0310. The number of aromatic nitrogens is 6. The number of hydrogen-bond acceptors (Lipinski definition) is 10. The van der Waals surface area contributed by atoms with E-state index < -0.39 is 27.2 Å². The Kier molecular flexibility index (Phi) is 7.63. The Bertz CT molecular complexity index is 1970. The second-order valence-corrected chi connectivity index (χ2v) is 13.2. The molecule has 4 heterocycles. The summed E-state index contributed by atoms with van der Waals surface area (Å²) in [5.74, 6) is 0.0549. The summed E-state index contributed by atoms with van der Waals surface area (Å²) in [6.07, 6.45) is 2.80. The molecule has 1 aliphatic heterocycles. The monoisotopic (exact) mass is 617 g/mol. The van der Waals surface area contributed by atoms with Gasteiger partial charge in [-0.3, -0.25) is 9.48 Å². The van der Waals surface area contributed by atoms with E-state index in [4.69, 9.17) is 14.7 Å². The number of sulfone groups is 1. The zero-order chi connectivity index (χ0) is 31.0. The van der Waals surface area contributed by atoms with Crippen molar-refractivity contribution < 1.29 is 22.7 Å². The first kappa shape index (κ1) is 29.0. The molecule has 0 unspecified atom stereocenters. The van der Waals surface area contributed by atoms with Crippen molar-refractivity contribution in [2.24, 2.45) is 7.05 Å². The van der Waals surface area contributed by atoms with Crippen LogP contribution in [0.15, 0.2) is 65.8 Å². The maximum absolute atomic E-state index is 13.4. The van der Waals surface area contributed by atoms with Gasteiger partial charge in [-0.05, 0) is 31.5 Å². The molecule has 1 aliphatic rings. The van der Waals surface area contributed by atoms with Crippen LogP contribution in [-0.4, -0.2) is 85.6 Å². The molecule has 0 spiro atoms. The number of para-hydroxylation sites is 1. The van der Waals surface area contributed by atoms with Crippen molar-refractivity contribution >= 4 is 44.3 Å². The summed E-state index contributed by atoms with van der Waals surface area (Å²) < 4.78 is 35.3. The zero-order valence-corrected chi connectivity index (χ0v) is 25.2. The SMILES string of the molecule is CC(C)S(=O)(=O)c1cccc2c1nc(N[C@@H]1CN(C(=O)OCc3ccccc3)CCNC1=O)n1nc(-c3cnn(C)c3)nc21. The molecule has 1 fully saturated rings. The van der Waals surface area contributed by atoms with E-state index >= 15 is 0 Å². The van der Waals surface area contributed by atoms with Crippen molar-refractivity contribution in [3.8, 4) is 11.4 Å².